The number of nitrogens with one attached hydrogen (secondary N) is 2. The Morgan fingerprint density at radius 3 is 2.88 bits per heavy atom. The lowest BCUT2D eigenvalue weighted by Gasteiger charge is -2.52. The summed E-state index contributed by atoms with van der Waals surface area (Å²) in [5.74, 6) is 0.824. The number of rotatable bonds is 7. The van der Waals surface area contributed by atoms with Crippen molar-refractivity contribution in [3.63, 3.8) is 0 Å². The lowest BCUT2D eigenvalue weighted by molar-refractivity contribution is -0.113. The van der Waals surface area contributed by atoms with Gasteiger partial charge in [-0.25, -0.2) is 0 Å². The number of unbranched alkanes of at least 4 members (excludes halogenated alkanes) is 1. The quantitative estimate of drug-likeness (QED) is 0.458. The van der Waals surface area contributed by atoms with Crippen molar-refractivity contribution in [2.75, 3.05) is 13.7 Å². The Morgan fingerprint density at radius 2 is 2.25 bits per heavy atom. The minimum absolute atomic E-state index is 0.117. The fourth-order valence-corrected chi connectivity index (χ4v) is 3.01. The lowest BCUT2D eigenvalue weighted by Crippen LogP contribution is -2.63. The van der Waals surface area contributed by atoms with Crippen LogP contribution in [-0.2, 0) is 11.3 Å². The minimum atomic E-state index is 0.117. The Labute approximate surface area is 146 Å². The summed E-state index contributed by atoms with van der Waals surface area (Å²) >= 11 is 0. The zero-order valence-corrected chi connectivity index (χ0v) is 15.7. The van der Waals surface area contributed by atoms with Gasteiger partial charge in [-0.3, -0.25) is 9.98 Å². The fraction of sp³-hybridized carbons (Fsp3) is 0.684. The molecule has 0 saturated heterocycles. The first kappa shape index (κ1) is 18.7. The largest absolute Gasteiger partial charge is 0.378 e. The van der Waals surface area contributed by atoms with Crippen LogP contribution in [0.2, 0.25) is 0 Å². The Balaban J connectivity index is 1.82. The smallest absolute Gasteiger partial charge is 0.191 e. The van der Waals surface area contributed by atoms with Gasteiger partial charge in [0.05, 0.1) is 18.3 Å². The molecule has 1 heterocycles. The van der Waals surface area contributed by atoms with E-state index >= 15 is 0 Å². The molecular weight excluding hydrogens is 300 g/mol. The van der Waals surface area contributed by atoms with Crippen LogP contribution in [0.5, 0.6) is 0 Å². The topological polar surface area (TPSA) is 58.5 Å². The van der Waals surface area contributed by atoms with Gasteiger partial charge in [0.1, 0.15) is 0 Å². The first-order valence-corrected chi connectivity index (χ1v) is 8.98. The summed E-state index contributed by atoms with van der Waals surface area (Å²) in [7, 11) is 1.81. The van der Waals surface area contributed by atoms with E-state index in [9.17, 15) is 0 Å². The van der Waals surface area contributed by atoms with Gasteiger partial charge in [-0.15, -0.1) is 0 Å². The zero-order chi connectivity index (χ0) is 17.6. The molecule has 5 heteroatoms. The van der Waals surface area contributed by atoms with E-state index < -0.39 is 0 Å². The van der Waals surface area contributed by atoms with E-state index in [0.717, 1.165) is 31.1 Å². The third-order valence-electron chi connectivity index (χ3n) is 5.07. The van der Waals surface area contributed by atoms with Gasteiger partial charge in [0.2, 0.25) is 0 Å². The molecule has 2 atom stereocenters. The van der Waals surface area contributed by atoms with Crippen molar-refractivity contribution in [1.82, 2.24) is 15.6 Å². The molecule has 0 bridgehead atoms. The van der Waals surface area contributed by atoms with Gasteiger partial charge >= 0.3 is 0 Å². The highest BCUT2D eigenvalue weighted by molar-refractivity contribution is 5.80. The van der Waals surface area contributed by atoms with Gasteiger partial charge in [0, 0.05) is 31.3 Å². The summed E-state index contributed by atoms with van der Waals surface area (Å²) in [6.45, 7) is 10.3. The lowest BCUT2D eigenvalue weighted by atomic mass is 9.64. The fourth-order valence-electron chi connectivity index (χ4n) is 3.01. The molecule has 134 valence electrons. The molecule has 0 spiro atoms. The summed E-state index contributed by atoms with van der Waals surface area (Å²) in [6.07, 6.45) is 5.50. The molecule has 0 radical (unpaired) electrons. The van der Waals surface area contributed by atoms with Crippen LogP contribution in [0.4, 0.5) is 0 Å². The van der Waals surface area contributed by atoms with Crippen LogP contribution in [0, 0.1) is 12.3 Å². The van der Waals surface area contributed by atoms with Crippen LogP contribution < -0.4 is 10.6 Å². The van der Waals surface area contributed by atoms with Crippen molar-refractivity contribution in [2.45, 2.75) is 65.6 Å². The highest BCUT2D eigenvalue weighted by Gasteiger charge is 2.49. The van der Waals surface area contributed by atoms with Gasteiger partial charge in [-0.05, 0) is 31.4 Å². The molecular formula is C19H32N4O. The van der Waals surface area contributed by atoms with Crippen LogP contribution in [-0.4, -0.2) is 36.7 Å². The third kappa shape index (κ3) is 4.47. The Hall–Kier alpha value is -1.62. The maximum Gasteiger partial charge on any atom is 0.191 e. The van der Waals surface area contributed by atoms with Crippen LogP contribution in [0.3, 0.4) is 0 Å². The van der Waals surface area contributed by atoms with Crippen LogP contribution in [0.25, 0.3) is 0 Å². The van der Waals surface area contributed by atoms with E-state index in [2.05, 4.69) is 54.4 Å². The number of nitrogens with zero attached hydrogens (tertiary/aromatic N) is 2. The van der Waals surface area contributed by atoms with E-state index in [1.807, 2.05) is 19.3 Å². The second kappa shape index (κ2) is 8.47. The van der Waals surface area contributed by atoms with Gasteiger partial charge in [-0.2, -0.15) is 0 Å². The third-order valence-corrected chi connectivity index (χ3v) is 5.07. The van der Waals surface area contributed by atoms with Gasteiger partial charge in [-0.1, -0.05) is 33.3 Å². The molecule has 1 aliphatic carbocycles. The summed E-state index contributed by atoms with van der Waals surface area (Å²) < 4.78 is 6.01. The van der Waals surface area contributed by atoms with Crippen LogP contribution in [0.1, 0.15) is 51.3 Å². The van der Waals surface area contributed by atoms with Gasteiger partial charge in [0.15, 0.2) is 5.96 Å². The number of aryl methyl sites for hydroxylation is 1. The standard InChI is InChI=1S/C19H32N4O/c1-6-7-11-24-17-12-16(19(17,3)4)23-18(20-5)22-13-15-14(2)9-8-10-21-15/h8-10,16-17H,6-7,11-13H2,1-5H3,(H2,20,22,23). The summed E-state index contributed by atoms with van der Waals surface area (Å²) in [4.78, 5) is 8.76. The van der Waals surface area contributed by atoms with Crippen molar-refractivity contribution in [3.8, 4) is 0 Å². The normalized spacial score (nSPS) is 22.8. The maximum absolute atomic E-state index is 6.01. The van der Waals surface area contributed by atoms with E-state index in [1.54, 1.807) is 0 Å². The number of guanidine groups is 1. The van der Waals surface area contributed by atoms with E-state index in [1.165, 1.54) is 12.0 Å². The molecule has 24 heavy (non-hydrogen) atoms. The van der Waals surface area contributed by atoms with Crippen molar-refractivity contribution in [1.29, 1.82) is 0 Å². The average molecular weight is 332 g/mol. The molecule has 2 N–H and O–H groups in total. The van der Waals surface area contributed by atoms with Gasteiger partial charge < -0.3 is 15.4 Å². The second-order valence-corrected chi connectivity index (χ2v) is 7.16. The number of pyridine rings is 1. The Kier molecular flexibility index (Phi) is 6.60. The SMILES string of the molecule is CCCCOC1CC(NC(=NC)NCc2ncccc2C)C1(C)C. The summed E-state index contributed by atoms with van der Waals surface area (Å²) in [5, 5.41) is 6.90. The van der Waals surface area contributed by atoms with Crippen LogP contribution >= 0.6 is 0 Å². The second-order valence-electron chi connectivity index (χ2n) is 7.16. The van der Waals surface area contributed by atoms with E-state index in [0.29, 0.717) is 18.7 Å². The summed E-state index contributed by atoms with van der Waals surface area (Å²) in [5.41, 5.74) is 2.36. The summed E-state index contributed by atoms with van der Waals surface area (Å²) in [6, 6.07) is 4.41. The molecule has 1 fully saturated rings. The predicted octanol–water partition coefficient (Wildman–Crippen LogP) is 3.04. The average Bonchev–Trinajstić information content (AvgIpc) is 2.57. The number of aliphatic imine (C=N–C) groups is 1. The minimum Gasteiger partial charge on any atom is -0.378 e. The Bertz CT molecular complexity index is 556. The molecule has 1 aromatic rings. The highest BCUT2D eigenvalue weighted by atomic mass is 16.5. The van der Waals surface area contributed by atoms with Crippen molar-refractivity contribution in [2.24, 2.45) is 10.4 Å². The van der Waals surface area contributed by atoms with Crippen molar-refractivity contribution >= 4 is 5.96 Å². The predicted molar refractivity (Wildman–Crippen MR) is 99.1 cm³/mol. The molecule has 0 amide bonds. The molecule has 0 aliphatic heterocycles. The molecule has 0 aromatic carbocycles. The number of ether oxygens (including phenoxy) is 1. The Morgan fingerprint density at radius 1 is 1.46 bits per heavy atom. The van der Waals surface area contributed by atoms with E-state index in [4.69, 9.17) is 4.74 Å². The molecule has 1 aliphatic rings. The monoisotopic (exact) mass is 332 g/mol. The molecule has 2 rings (SSSR count). The number of aromatic nitrogens is 1. The highest BCUT2D eigenvalue weighted by Crippen LogP contribution is 2.42. The van der Waals surface area contributed by atoms with Gasteiger partial charge in [0.25, 0.3) is 0 Å². The number of hydrogen-bond donors (Lipinski definition) is 2. The zero-order valence-electron chi connectivity index (χ0n) is 15.7. The van der Waals surface area contributed by atoms with Crippen LogP contribution in [0.15, 0.2) is 23.3 Å². The first-order chi connectivity index (χ1) is 11.5. The molecule has 5 nitrogen and oxygen atoms in total. The molecule has 1 saturated carbocycles. The first-order valence-electron chi connectivity index (χ1n) is 8.98. The van der Waals surface area contributed by atoms with E-state index in [-0.39, 0.29) is 5.41 Å². The van der Waals surface area contributed by atoms with Crippen molar-refractivity contribution < 1.29 is 4.74 Å². The van der Waals surface area contributed by atoms with Crippen molar-refractivity contribution in [3.05, 3.63) is 29.6 Å². The molecule has 1 aromatic heterocycles. The number of hydrogen-bond acceptors (Lipinski definition) is 3. The maximum atomic E-state index is 6.01. The molecule has 2 unspecified atom stereocenters.